The number of nitrogens with one attached hydrogen (secondary N) is 1. The van der Waals surface area contributed by atoms with Gasteiger partial charge < -0.3 is 0 Å². The zero-order valence-corrected chi connectivity index (χ0v) is 17.4. The van der Waals surface area contributed by atoms with Gasteiger partial charge in [-0.2, -0.15) is 4.98 Å². The van der Waals surface area contributed by atoms with Gasteiger partial charge in [0.2, 0.25) is 16.8 Å². The first-order valence-corrected chi connectivity index (χ1v) is 10.3. The molecule has 156 valence electrons. The number of nitro benzene ring substituents is 1. The van der Waals surface area contributed by atoms with Gasteiger partial charge in [-0.15, -0.1) is 16.4 Å². The minimum absolute atomic E-state index is 0.00471. The lowest BCUT2D eigenvalue weighted by molar-refractivity contribution is -0.384. The summed E-state index contributed by atoms with van der Waals surface area (Å²) in [5.74, 6) is -0.414. The number of amides is 1. The van der Waals surface area contributed by atoms with Gasteiger partial charge in [-0.05, 0) is 36.4 Å². The van der Waals surface area contributed by atoms with Crippen LogP contribution in [-0.2, 0) is 4.79 Å². The van der Waals surface area contributed by atoms with Crippen molar-refractivity contribution in [1.82, 2.24) is 14.6 Å². The number of hydrogen-bond donors (Lipinski definition) is 1. The molecule has 2 heterocycles. The molecule has 0 spiro atoms. The quantitative estimate of drug-likeness (QED) is 0.246. The maximum Gasteiger partial charge on any atom is 0.269 e. The number of rotatable bonds is 7. The first kappa shape index (κ1) is 20.6. The van der Waals surface area contributed by atoms with Gasteiger partial charge in [0.15, 0.2) is 5.78 Å². The van der Waals surface area contributed by atoms with Gasteiger partial charge >= 0.3 is 0 Å². The molecule has 0 bridgehead atoms. The van der Waals surface area contributed by atoms with E-state index in [-0.39, 0.29) is 36.2 Å². The molecule has 11 heteroatoms. The number of hydrogen-bond acceptors (Lipinski definition) is 7. The monoisotopic (exact) mass is 455 g/mol. The highest BCUT2D eigenvalue weighted by Crippen LogP contribution is 2.27. The van der Waals surface area contributed by atoms with Gasteiger partial charge in [0, 0.05) is 46.5 Å². The molecule has 0 unspecified atom stereocenters. The molecule has 0 aliphatic heterocycles. The van der Waals surface area contributed by atoms with Crippen LogP contribution in [0.15, 0.2) is 53.9 Å². The molecule has 0 fully saturated rings. The van der Waals surface area contributed by atoms with E-state index in [1.807, 2.05) is 5.38 Å². The Morgan fingerprint density at radius 2 is 1.81 bits per heavy atom. The number of thiazole rings is 1. The molecule has 0 radical (unpaired) electrons. The van der Waals surface area contributed by atoms with Crippen molar-refractivity contribution in [2.24, 2.45) is 0 Å². The van der Waals surface area contributed by atoms with E-state index in [0.29, 0.717) is 21.2 Å². The lowest BCUT2D eigenvalue weighted by Crippen LogP contribution is -2.14. The number of benzene rings is 2. The van der Waals surface area contributed by atoms with E-state index in [1.54, 1.807) is 40.9 Å². The highest BCUT2D eigenvalue weighted by molar-refractivity contribution is 7.15. The van der Waals surface area contributed by atoms with Gasteiger partial charge in [-0.1, -0.05) is 11.6 Å². The van der Waals surface area contributed by atoms with Crippen LogP contribution in [-0.4, -0.2) is 31.2 Å². The smallest absolute Gasteiger partial charge is 0.269 e. The summed E-state index contributed by atoms with van der Waals surface area (Å²) in [5, 5.41) is 20.1. The molecule has 4 aromatic rings. The van der Waals surface area contributed by atoms with Gasteiger partial charge in [-0.3, -0.25) is 25.0 Å². The number of aromatic nitrogens is 3. The van der Waals surface area contributed by atoms with Crippen molar-refractivity contribution in [3.63, 3.8) is 0 Å². The second-order valence-electron chi connectivity index (χ2n) is 6.53. The molecule has 0 aliphatic rings. The van der Waals surface area contributed by atoms with Crippen molar-refractivity contribution in [3.8, 4) is 11.3 Å². The maximum atomic E-state index is 12.2. The molecule has 0 aliphatic carbocycles. The topological polar surface area (TPSA) is 120 Å². The predicted octanol–water partition coefficient (Wildman–Crippen LogP) is 4.62. The lowest BCUT2D eigenvalue weighted by Gasteiger charge is -2.02. The molecule has 2 aromatic heterocycles. The van der Waals surface area contributed by atoms with Crippen molar-refractivity contribution in [3.05, 3.63) is 74.6 Å². The number of carbonyl (C=O) groups excluding carboxylic acids is 2. The molecule has 31 heavy (non-hydrogen) atoms. The highest BCUT2D eigenvalue weighted by atomic mass is 35.5. The third-order valence-electron chi connectivity index (χ3n) is 4.45. The van der Waals surface area contributed by atoms with Crippen LogP contribution in [0, 0.1) is 10.1 Å². The second-order valence-corrected chi connectivity index (χ2v) is 7.81. The fourth-order valence-corrected chi connectivity index (χ4v) is 3.84. The third-order valence-corrected chi connectivity index (χ3v) is 5.52. The van der Waals surface area contributed by atoms with Crippen LogP contribution < -0.4 is 5.32 Å². The minimum atomic E-state index is -0.465. The number of anilines is 1. The number of carbonyl (C=O) groups is 2. The molecule has 1 amide bonds. The molecule has 9 nitrogen and oxygen atoms in total. The molecule has 0 atom stereocenters. The van der Waals surface area contributed by atoms with Crippen molar-refractivity contribution < 1.29 is 14.5 Å². The molecule has 1 N–H and O–H groups in total. The summed E-state index contributed by atoms with van der Waals surface area (Å²) in [6, 6.07) is 12.6. The lowest BCUT2D eigenvalue weighted by atomic mass is 10.1. The van der Waals surface area contributed by atoms with E-state index < -0.39 is 4.92 Å². The zero-order valence-electron chi connectivity index (χ0n) is 15.8. The molecule has 0 saturated carbocycles. The van der Waals surface area contributed by atoms with Crippen LogP contribution in [0.3, 0.4) is 0 Å². The van der Waals surface area contributed by atoms with Crippen LogP contribution in [0.1, 0.15) is 23.2 Å². The molecule has 2 aromatic carbocycles. The Bertz CT molecular complexity index is 1280. The SMILES string of the molecule is O=C(CCC(=O)c1ccc(Cl)cc1)Nc1nc2scc(-c3ccc([N+](=O)[O-])cc3)n2n1. The Kier molecular flexibility index (Phi) is 5.74. The number of nitrogens with zero attached hydrogens (tertiary/aromatic N) is 4. The Morgan fingerprint density at radius 1 is 1.10 bits per heavy atom. The van der Waals surface area contributed by atoms with Crippen molar-refractivity contribution in [2.75, 3.05) is 5.32 Å². The zero-order chi connectivity index (χ0) is 22.0. The van der Waals surface area contributed by atoms with E-state index in [9.17, 15) is 19.7 Å². The number of Topliss-reactive ketones (excluding diaryl/α,β-unsaturated/α-hetero) is 1. The Hall–Kier alpha value is -3.63. The summed E-state index contributed by atoms with van der Waals surface area (Å²) < 4.78 is 1.56. The van der Waals surface area contributed by atoms with E-state index in [0.717, 1.165) is 5.56 Å². The average molecular weight is 456 g/mol. The summed E-state index contributed by atoms with van der Waals surface area (Å²) in [6.45, 7) is 0. The first-order chi connectivity index (χ1) is 14.9. The molecule has 0 saturated heterocycles. The first-order valence-electron chi connectivity index (χ1n) is 9.08. The standard InChI is InChI=1S/C20H14ClN5O4S/c21-14-5-1-13(2-6-14)17(27)9-10-18(28)22-19-23-20-25(24-19)16(11-31-20)12-3-7-15(8-4-12)26(29)30/h1-8,11H,9-10H2,(H,22,24,28). The summed E-state index contributed by atoms with van der Waals surface area (Å²) in [7, 11) is 0. The average Bonchev–Trinajstić information content (AvgIpc) is 3.32. The summed E-state index contributed by atoms with van der Waals surface area (Å²) in [4.78, 5) is 39.6. The molecular weight excluding hydrogens is 442 g/mol. The Morgan fingerprint density at radius 3 is 2.48 bits per heavy atom. The summed E-state index contributed by atoms with van der Waals surface area (Å²) in [6.07, 6.45) is 0.0350. The van der Waals surface area contributed by atoms with Crippen LogP contribution in [0.2, 0.25) is 5.02 Å². The fourth-order valence-electron chi connectivity index (χ4n) is 2.88. The van der Waals surface area contributed by atoms with Crippen LogP contribution in [0.4, 0.5) is 11.6 Å². The summed E-state index contributed by atoms with van der Waals surface area (Å²) in [5.41, 5.74) is 1.91. The van der Waals surface area contributed by atoms with E-state index in [1.165, 1.54) is 23.5 Å². The van der Waals surface area contributed by atoms with Gasteiger partial charge in [-0.25, -0.2) is 4.52 Å². The number of ketones is 1. The number of nitro groups is 1. The minimum Gasteiger partial charge on any atom is -0.294 e. The van der Waals surface area contributed by atoms with E-state index >= 15 is 0 Å². The number of halogens is 1. The Balaban J connectivity index is 1.42. The van der Waals surface area contributed by atoms with Gasteiger partial charge in [0.05, 0.1) is 10.6 Å². The summed E-state index contributed by atoms with van der Waals surface area (Å²) >= 11 is 7.13. The van der Waals surface area contributed by atoms with Crippen molar-refractivity contribution in [2.45, 2.75) is 12.8 Å². The fraction of sp³-hybridized carbons (Fsp3) is 0.100. The van der Waals surface area contributed by atoms with Gasteiger partial charge in [0.1, 0.15) is 0 Å². The molecular formula is C20H14ClN5O4S. The van der Waals surface area contributed by atoms with Gasteiger partial charge in [0.25, 0.3) is 5.69 Å². The second kappa shape index (κ2) is 8.62. The van der Waals surface area contributed by atoms with E-state index in [2.05, 4.69) is 15.4 Å². The number of non-ortho nitro benzene ring substituents is 1. The molecule has 4 rings (SSSR count). The third kappa shape index (κ3) is 4.60. The predicted molar refractivity (Wildman–Crippen MR) is 117 cm³/mol. The van der Waals surface area contributed by atoms with E-state index in [4.69, 9.17) is 11.6 Å². The van der Waals surface area contributed by atoms with Crippen LogP contribution in [0.25, 0.3) is 16.2 Å². The van der Waals surface area contributed by atoms with Crippen LogP contribution >= 0.6 is 22.9 Å². The Labute approximate surface area is 184 Å². The normalized spacial score (nSPS) is 10.9. The number of fused-ring (bicyclic) bond motifs is 1. The largest absolute Gasteiger partial charge is 0.294 e. The maximum absolute atomic E-state index is 12.2. The van der Waals surface area contributed by atoms with Crippen LogP contribution in [0.5, 0.6) is 0 Å². The highest BCUT2D eigenvalue weighted by Gasteiger charge is 2.15. The van der Waals surface area contributed by atoms with Crippen molar-refractivity contribution >= 4 is 51.2 Å². The van der Waals surface area contributed by atoms with Crippen molar-refractivity contribution in [1.29, 1.82) is 0 Å².